The molecule has 124 valence electrons. The van der Waals surface area contributed by atoms with Crippen molar-refractivity contribution in [3.05, 3.63) is 28.4 Å². The zero-order valence-corrected chi connectivity index (χ0v) is 13.7. The summed E-state index contributed by atoms with van der Waals surface area (Å²) < 4.78 is 1.53. The van der Waals surface area contributed by atoms with E-state index in [9.17, 15) is 15.2 Å². The minimum absolute atomic E-state index is 0.0531. The van der Waals surface area contributed by atoms with Crippen molar-refractivity contribution in [1.82, 2.24) is 9.47 Å². The predicted octanol–water partition coefficient (Wildman–Crippen LogP) is 2.32. The molecule has 0 saturated carbocycles. The van der Waals surface area contributed by atoms with Gasteiger partial charge in [-0.25, -0.2) is 0 Å². The van der Waals surface area contributed by atoms with Crippen LogP contribution in [0.3, 0.4) is 0 Å². The molecule has 0 aliphatic carbocycles. The van der Waals surface area contributed by atoms with Crippen molar-refractivity contribution in [2.75, 3.05) is 31.1 Å². The summed E-state index contributed by atoms with van der Waals surface area (Å²) in [4.78, 5) is 15.5. The molecule has 1 N–H and O–H groups in total. The minimum Gasteiger partial charge on any atom is -0.494 e. The van der Waals surface area contributed by atoms with Gasteiger partial charge in [-0.15, -0.1) is 0 Å². The maximum absolute atomic E-state index is 11.2. The van der Waals surface area contributed by atoms with Crippen LogP contribution in [-0.4, -0.2) is 51.7 Å². The van der Waals surface area contributed by atoms with Gasteiger partial charge in [0.1, 0.15) is 5.39 Å². The van der Waals surface area contributed by atoms with Gasteiger partial charge in [0.05, 0.1) is 4.92 Å². The summed E-state index contributed by atoms with van der Waals surface area (Å²) in [7, 11) is 1.69. The standard InChI is InChI=1S/C16H22N4O3/c1-11(2)18-6-8-19(9-7-18)13-4-5-14(20(22)23)15-12(13)10-17(3)16(15)21/h4-5,10-11,21H,6-9H2,1-3H3. The number of aryl methyl sites for hydroxylation is 1. The summed E-state index contributed by atoms with van der Waals surface area (Å²) in [6.07, 6.45) is 1.77. The number of rotatable bonds is 3. The van der Waals surface area contributed by atoms with Gasteiger partial charge in [-0.1, -0.05) is 0 Å². The van der Waals surface area contributed by atoms with Gasteiger partial charge in [0.15, 0.2) is 0 Å². The highest BCUT2D eigenvalue weighted by Gasteiger charge is 2.25. The van der Waals surface area contributed by atoms with Gasteiger partial charge in [0.2, 0.25) is 5.88 Å². The highest BCUT2D eigenvalue weighted by Crippen LogP contribution is 2.40. The molecular weight excluding hydrogens is 296 g/mol. The van der Waals surface area contributed by atoms with Crippen LogP contribution in [0.2, 0.25) is 0 Å². The molecule has 1 fully saturated rings. The largest absolute Gasteiger partial charge is 0.494 e. The fourth-order valence-corrected chi connectivity index (χ4v) is 3.30. The van der Waals surface area contributed by atoms with Crippen LogP contribution in [0.15, 0.2) is 18.3 Å². The number of anilines is 1. The number of fused-ring (bicyclic) bond motifs is 1. The molecule has 2 heterocycles. The lowest BCUT2D eigenvalue weighted by Crippen LogP contribution is -2.48. The first-order valence-corrected chi connectivity index (χ1v) is 7.84. The van der Waals surface area contributed by atoms with E-state index in [1.54, 1.807) is 19.3 Å². The van der Waals surface area contributed by atoms with E-state index in [0.717, 1.165) is 37.3 Å². The average Bonchev–Trinajstić information content (AvgIpc) is 2.82. The first-order valence-electron chi connectivity index (χ1n) is 7.84. The molecule has 1 aliphatic rings. The normalized spacial score (nSPS) is 16.4. The molecule has 1 aromatic heterocycles. The predicted molar refractivity (Wildman–Crippen MR) is 90.2 cm³/mol. The second-order valence-corrected chi connectivity index (χ2v) is 6.33. The molecule has 7 heteroatoms. The van der Waals surface area contributed by atoms with E-state index in [-0.39, 0.29) is 11.6 Å². The van der Waals surface area contributed by atoms with Crippen LogP contribution >= 0.6 is 0 Å². The van der Waals surface area contributed by atoms with Crippen molar-refractivity contribution < 1.29 is 10.0 Å². The van der Waals surface area contributed by atoms with Gasteiger partial charge in [0, 0.05) is 62.6 Å². The molecule has 23 heavy (non-hydrogen) atoms. The van der Waals surface area contributed by atoms with Crippen molar-refractivity contribution in [3.8, 4) is 5.88 Å². The Morgan fingerprint density at radius 1 is 1.22 bits per heavy atom. The molecule has 0 bridgehead atoms. The molecule has 0 amide bonds. The van der Waals surface area contributed by atoms with E-state index in [0.29, 0.717) is 11.4 Å². The van der Waals surface area contributed by atoms with Crippen LogP contribution in [0.1, 0.15) is 13.8 Å². The van der Waals surface area contributed by atoms with Gasteiger partial charge < -0.3 is 14.6 Å². The number of piperazine rings is 1. The smallest absolute Gasteiger partial charge is 0.282 e. The molecule has 0 unspecified atom stereocenters. The number of hydrogen-bond acceptors (Lipinski definition) is 5. The Bertz CT molecular complexity index is 745. The lowest BCUT2D eigenvalue weighted by molar-refractivity contribution is -0.383. The third kappa shape index (κ3) is 2.61. The Kier molecular flexibility index (Phi) is 3.89. The van der Waals surface area contributed by atoms with Crippen molar-refractivity contribution in [3.63, 3.8) is 0 Å². The third-order valence-corrected chi connectivity index (χ3v) is 4.66. The van der Waals surface area contributed by atoms with Crippen molar-refractivity contribution >= 4 is 22.1 Å². The van der Waals surface area contributed by atoms with Crippen LogP contribution in [0.25, 0.3) is 10.8 Å². The lowest BCUT2D eigenvalue weighted by Gasteiger charge is -2.38. The first-order chi connectivity index (χ1) is 10.9. The quantitative estimate of drug-likeness (QED) is 0.694. The van der Waals surface area contributed by atoms with Crippen LogP contribution < -0.4 is 4.90 Å². The molecule has 1 aliphatic heterocycles. The van der Waals surface area contributed by atoms with E-state index < -0.39 is 4.92 Å². The summed E-state index contributed by atoms with van der Waals surface area (Å²) in [6.45, 7) is 8.06. The topological polar surface area (TPSA) is 74.8 Å². The highest BCUT2D eigenvalue weighted by molar-refractivity contribution is 6.03. The molecule has 0 spiro atoms. The van der Waals surface area contributed by atoms with Crippen LogP contribution in [0, 0.1) is 10.1 Å². The van der Waals surface area contributed by atoms with E-state index in [4.69, 9.17) is 0 Å². The van der Waals surface area contributed by atoms with Gasteiger partial charge in [-0.2, -0.15) is 0 Å². The summed E-state index contributed by atoms with van der Waals surface area (Å²) in [5.41, 5.74) is 0.896. The number of aromatic nitrogens is 1. The molecule has 0 atom stereocenters. The molecule has 0 radical (unpaired) electrons. The van der Waals surface area contributed by atoms with Crippen molar-refractivity contribution in [2.45, 2.75) is 19.9 Å². The zero-order valence-electron chi connectivity index (χ0n) is 13.7. The van der Waals surface area contributed by atoms with Crippen LogP contribution in [-0.2, 0) is 7.05 Å². The van der Waals surface area contributed by atoms with E-state index >= 15 is 0 Å². The molecule has 2 aromatic rings. The third-order valence-electron chi connectivity index (χ3n) is 4.66. The Labute approximate surface area is 134 Å². The highest BCUT2D eigenvalue weighted by atomic mass is 16.6. The van der Waals surface area contributed by atoms with Gasteiger partial charge >= 0.3 is 0 Å². The van der Waals surface area contributed by atoms with E-state index in [2.05, 4.69) is 23.6 Å². The number of nitro benzene ring substituents is 1. The Balaban J connectivity index is 2.02. The second kappa shape index (κ2) is 5.73. The summed E-state index contributed by atoms with van der Waals surface area (Å²) in [6, 6.07) is 3.81. The molecule has 3 rings (SSSR count). The van der Waals surface area contributed by atoms with Gasteiger partial charge in [0.25, 0.3) is 5.69 Å². The summed E-state index contributed by atoms with van der Waals surface area (Å²) >= 11 is 0. The zero-order chi connectivity index (χ0) is 16.7. The number of aromatic hydroxyl groups is 1. The number of nitro groups is 1. The molecule has 1 saturated heterocycles. The van der Waals surface area contributed by atoms with Crippen LogP contribution in [0.5, 0.6) is 5.88 Å². The molecule has 1 aromatic carbocycles. The van der Waals surface area contributed by atoms with E-state index in [1.807, 2.05) is 0 Å². The summed E-state index contributed by atoms with van der Waals surface area (Å²) in [5, 5.41) is 22.5. The monoisotopic (exact) mass is 318 g/mol. The minimum atomic E-state index is -0.442. The fraction of sp³-hybridized carbons (Fsp3) is 0.500. The van der Waals surface area contributed by atoms with Crippen molar-refractivity contribution in [2.24, 2.45) is 7.05 Å². The molecule has 7 nitrogen and oxygen atoms in total. The fourth-order valence-electron chi connectivity index (χ4n) is 3.30. The van der Waals surface area contributed by atoms with Gasteiger partial charge in [-0.05, 0) is 19.9 Å². The van der Waals surface area contributed by atoms with Crippen molar-refractivity contribution in [1.29, 1.82) is 0 Å². The number of nitrogens with zero attached hydrogens (tertiary/aromatic N) is 4. The maximum Gasteiger partial charge on any atom is 0.282 e. The maximum atomic E-state index is 11.2. The van der Waals surface area contributed by atoms with Gasteiger partial charge in [-0.3, -0.25) is 15.0 Å². The Hall–Kier alpha value is -2.28. The Morgan fingerprint density at radius 3 is 2.43 bits per heavy atom. The average molecular weight is 318 g/mol. The lowest BCUT2D eigenvalue weighted by atomic mass is 10.1. The first kappa shape index (κ1) is 15.6. The summed E-state index contributed by atoms with van der Waals surface area (Å²) in [5.74, 6) is -0.0608. The Morgan fingerprint density at radius 2 is 1.87 bits per heavy atom. The number of benzene rings is 1. The second-order valence-electron chi connectivity index (χ2n) is 6.33. The molecular formula is C16H22N4O3. The van der Waals surface area contributed by atoms with Crippen LogP contribution in [0.4, 0.5) is 11.4 Å². The SMILES string of the molecule is CC(C)N1CCN(c2ccc([N+](=O)[O-])c3c(O)n(C)cc23)CC1. The van der Waals surface area contributed by atoms with E-state index in [1.165, 1.54) is 10.6 Å². The number of hydrogen-bond donors (Lipinski definition) is 1. The number of non-ortho nitro benzene ring substituents is 1.